The van der Waals surface area contributed by atoms with Crippen molar-refractivity contribution >= 4 is 22.8 Å². The molecule has 0 aliphatic carbocycles. The number of nitrogens with zero attached hydrogens (tertiary/aromatic N) is 1. The summed E-state index contributed by atoms with van der Waals surface area (Å²) in [5.74, 6) is -0.578. The average molecular weight is 374 g/mol. The summed E-state index contributed by atoms with van der Waals surface area (Å²) in [5, 5.41) is 5.55. The van der Waals surface area contributed by atoms with Crippen LogP contribution in [0.3, 0.4) is 0 Å². The summed E-state index contributed by atoms with van der Waals surface area (Å²) in [6.45, 7) is -0.158. The molecule has 0 radical (unpaired) electrons. The van der Waals surface area contributed by atoms with Crippen LogP contribution in [0.15, 0.2) is 77.7 Å². The van der Waals surface area contributed by atoms with Crippen LogP contribution >= 0.6 is 0 Å². The van der Waals surface area contributed by atoms with Crippen molar-refractivity contribution in [1.29, 1.82) is 0 Å². The van der Waals surface area contributed by atoms with Crippen LogP contribution in [0.25, 0.3) is 11.0 Å². The van der Waals surface area contributed by atoms with E-state index >= 15 is 0 Å². The number of aromatic amines is 1. The molecule has 4 rings (SSSR count). The lowest BCUT2D eigenvalue weighted by molar-refractivity contribution is -0.120. The van der Waals surface area contributed by atoms with Gasteiger partial charge < -0.3 is 20.0 Å². The van der Waals surface area contributed by atoms with Gasteiger partial charge in [-0.1, -0.05) is 36.4 Å². The first-order valence-corrected chi connectivity index (χ1v) is 8.80. The lowest BCUT2D eigenvalue weighted by Crippen LogP contribution is -2.38. The minimum absolute atomic E-state index is 0.158. The second-order valence-corrected chi connectivity index (χ2v) is 6.25. The van der Waals surface area contributed by atoms with E-state index in [0.717, 1.165) is 22.2 Å². The molecule has 0 fully saturated rings. The number of amides is 2. The molecule has 0 unspecified atom stereocenters. The molecule has 2 heterocycles. The zero-order chi connectivity index (χ0) is 19.3. The van der Waals surface area contributed by atoms with Gasteiger partial charge in [0.15, 0.2) is 5.76 Å². The fraction of sp³-hybridized carbons (Fsp3) is 0.0952. The van der Waals surface area contributed by atoms with E-state index in [-0.39, 0.29) is 24.3 Å². The lowest BCUT2D eigenvalue weighted by atomic mass is 9.98. The second-order valence-electron chi connectivity index (χ2n) is 6.25. The summed E-state index contributed by atoms with van der Waals surface area (Å²) in [6, 6.07) is 18.3. The Morgan fingerprint density at radius 2 is 1.89 bits per heavy atom. The van der Waals surface area contributed by atoms with E-state index in [0.29, 0.717) is 0 Å². The van der Waals surface area contributed by atoms with Gasteiger partial charge >= 0.3 is 0 Å². The van der Waals surface area contributed by atoms with Crippen molar-refractivity contribution in [2.24, 2.45) is 0 Å². The highest BCUT2D eigenvalue weighted by atomic mass is 16.3. The molecule has 140 valence electrons. The van der Waals surface area contributed by atoms with E-state index in [9.17, 15) is 9.59 Å². The number of fused-ring (bicyclic) bond motifs is 1. The number of rotatable bonds is 6. The van der Waals surface area contributed by atoms with Crippen molar-refractivity contribution in [1.82, 2.24) is 20.6 Å². The van der Waals surface area contributed by atoms with Crippen molar-refractivity contribution in [2.45, 2.75) is 6.04 Å². The molecule has 7 nitrogen and oxygen atoms in total. The number of carbonyl (C=O) groups excluding carboxylic acids is 2. The number of carbonyl (C=O) groups is 2. The van der Waals surface area contributed by atoms with E-state index in [1.54, 1.807) is 18.5 Å². The molecule has 3 N–H and O–H groups in total. The summed E-state index contributed by atoms with van der Waals surface area (Å²) in [5.41, 5.74) is 3.59. The van der Waals surface area contributed by atoms with Crippen LogP contribution in [-0.2, 0) is 4.79 Å². The summed E-state index contributed by atoms with van der Waals surface area (Å²) < 4.78 is 5.03. The minimum Gasteiger partial charge on any atom is -0.459 e. The quantitative estimate of drug-likeness (QED) is 0.483. The van der Waals surface area contributed by atoms with E-state index in [4.69, 9.17) is 4.42 Å². The fourth-order valence-corrected chi connectivity index (χ4v) is 3.00. The Balaban J connectivity index is 1.52. The maximum Gasteiger partial charge on any atom is 0.287 e. The Kier molecular flexibility index (Phi) is 4.88. The lowest BCUT2D eigenvalue weighted by Gasteiger charge is -2.20. The van der Waals surface area contributed by atoms with Crippen molar-refractivity contribution in [2.75, 3.05) is 6.54 Å². The summed E-state index contributed by atoms with van der Waals surface area (Å²) in [6.07, 6.45) is 3.04. The van der Waals surface area contributed by atoms with Crippen molar-refractivity contribution < 1.29 is 14.0 Å². The Morgan fingerprint density at radius 1 is 1.04 bits per heavy atom. The summed E-state index contributed by atoms with van der Waals surface area (Å²) in [7, 11) is 0. The molecule has 2 amide bonds. The molecule has 0 saturated carbocycles. The zero-order valence-electron chi connectivity index (χ0n) is 14.9. The number of nitrogens with one attached hydrogen (secondary N) is 3. The monoisotopic (exact) mass is 374 g/mol. The Morgan fingerprint density at radius 3 is 2.68 bits per heavy atom. The maximum absolute atomic E-state index is 12.5. The SMILES string of the molecule is O=C(CNC(=O)c1ccco1)N[C@H](c1ccccc1)c1ccc2nc[nH]c2c1. The zero-order valence-corrected chi connectivity index (χ0v) is 14.9. The van der Waals surface area contributed by atoms with Gasteiger partial charge in [-0.15, -0.1) is 0 Å². The van der Waals surface area contributed by atoms with Crippen molar-refractivity contribution in [3.8, 4) is 0 Å². The number of benzene rings is 2. The Labute approximate surface area is 160 Å². The number of H-pyrrole nitrogens is 1. The predicted molar refractivity (Wildman–Crippen MR) is 104 cm³/mol. The van der Waals surface area contributed by atoms with Crippen LogP contribution in [0.2, 0.25) is 0 Å². The molecular formula is C21H18N4O3. The highest BCUT2D eigenvalue weighted by Gasteiger charge is 2.18. The molecule has 2 aromatic heterocycles. The predicted octanol–water partition coefficient (Wildman–Crippen LogP) is 2.79. The van der Waals surface area contributed by atoms with Gasteiger partial charge in [0.1, 0.15) is 0 Å². The van der Waals surface area contributed by atoms with E-state index in [1.165, 1.54) is 6.26 Å². The van der Waals surface area contributed by atoms with Gasteiger partial charge in [0.2, 0.25) is 5.91 Å². The van der Waals surface area contributed by atoms with Gasteiger partial charge in [-0.3, -0.25) is 9.59 Å². The van der Waals surface area contributed by atoms with E-state index in [2.05, 4.69) is 20.6 Å². The highest BCUT2D eigenvalue weighted by Crippen LogP contribution is 2.24. The number of imidazole rings is 1. The number of hydrogen-bond donors (Lipinski definition) is 3. The van der Waals surface area contributed by atoms with Gasteiger partial charge in [0.05, 0.1) is 36.2 Å². The molecular weight excluding hydrogens is 356 g/mol. The molecule has 0 spiro atoms. The average Bonchev–Trinajstić information content (AvgIpc) is 3.42. The highest BCUT2D eigenvalue weighted by molar-refractivity contribution is 5.94. The third-order valence-corrected chi connectivity index (χ3v) is 4.37. The van der Waals surface area contributed by atoms with Crippen molar-refractivity contribution in [3.05, 3.63) is 90.1 Å². The largest absolute Gasteiger partial charge is 0.459 e. The van der Waals surface area contributed by atoms with Crippen LogP contribution in [0.5, 0.6) is 0 Å². The van der Waals surface area contributed by atoms with Crippen LogP contribution in [0.1, 0.15) is 27.7 Å². The molecule has 28 heavy (non-hydrogen) atoms. The number of furan rings is 1. The Bertz CT molecular complexity index is 1090. The van der Waals surface area contributed by atoms with Gasteiger partial charge in [0, 0.05) is 0 Å². The third-order valence-electron chi connectivity index (χ3n) is 4.37. The van der Waals surface area contributed by atoms with Gasteiger partial charge in [0.25, 0.3) is 5.91 Å². The number of hydrogen-bond acceptors (Lipinski definition) is 4. The van der Waals surface area contributed by atoms with Gasteiger partial charge in [-0.25, -0.2) is 4.98 Å². The topological polar surface area (TPSA) is 100 Å². The maximum atomic E-state index is 12.5. The van der Waals surface area contributed by atoms with Crippen LogP contribution in [0.4, 0.5) is 0 Å². The summed E-state index contributed by atoms with van der Waals surface area (Å²) in [4.78, 5) is 31.8. The number of aromatic nitrogens is 2. The summed E-state index contributed by atoms with van der Waals surface area (Å²) >= 11 is 0. The molecule has 0 aliphatic heterocycles. The minimum atomic E-state index is -0.435. The van der Waals surface area contributed by atoms with Gasteiger partial charge in [-0.2, -0.15) is 0 Å². The van der Waals surface area contributed by atoms with Crippen LogP contribution in [0, 0.1) is 0 Å². The standard InChI is InChI=1S/C21H18N4O3/c26-19(12-22-21(27)18-7-4-10-28-18)25-20(14-5-2-1-3-6-14)15-8-9-16-17(11-15)24-13-23-16/h1-11,13,20H,12H2,(H,22,27)(H,23,24)(H,25,26)/t20-/m1/s1. The molecule has 2 aromatic carbocycles. The van der Waals surface area contributed by atoms with E-state index < -0.39 is 5.91 Å². The molecule has 4 aromatic rings. The molecule has 0 saturated heterocycles. The molecule has 0 bridgehead atoms. The first kappa shape index (κ1) is 17.5. The second kappa shape index (κ2) is 7.79. The molecule has 1 atom stereocenters. The normalized spacial score (nSPS) is 11.9. The third kappa shape index (κ3) is 3.78. The van der Waals surface area contributed by atoms with Crippen molar-refractivity contribution in [3.63, 3.8) is 0 Å². The molecule has 7 heteroatoms. The van der Waals surface area contributed by atoms with Crippen LogP contribution < -0.4 is 10.6 Å². The van der Waals surface area contributed by atoms with Crippen LogP contribution in [-0.4, -0.2) is 28.3 Å². The molecule has 0 aliphatic rings. The first-order chi connectivity index (χ1) is 13.7. The van der Waals surface area contributed by atoms with Gasteiger partial charge in [-0.05, 0) is 35.4 Å². The fourth-order valence-electron chi connectivity index (χ4n) is 3.00. The Hall–Kier alpha value is -3.87. The first-order valence-electron chi connectivity index (χ1n) is 8.80. The smallest absolute Gasteiger partial charge is 0.287 e. The van der Waals surface area contributed by atoms with E-state index in [1.807, 2.05) is 48.5 Å².